The number of nitrogens with zero attached hydrogens (tertiary/aromatic N) is 2. The van der Waals surface area contributed by atoms with Crippen LogP contribution >= 0.6 is 0 Å². The van der Waals surface area contributed by atoms with Gasteiger partial charge in [0.2, 0.25) is 11.8 Å². The van der Waals surface area contributed by atoms with Gasteiger partial charge in [0.15, 0.2) is 12.4 Å². The maximum absolute atomic E-state index is 11.6. The molecule has 0 aliphatic carbocycles. The van der Waals surface area contributed by atoms with E-state index in [9.17, 15) is 9.59 Å². The number of hydrogen-bond acceptors (Lipinski definition) is 6. The molecule has 0 radical (unpaired) electrons. The van der Waals surface area contributed by atoms with Gasteiger partial charge in [-0.25, -0.2) is 0 Å². The highest BCUT2D eigenvalue weighted by atomic mass is 16.5. The number of carbonyl (C=O) groups is 2. The SMILES string of the molecule is Cc1ccc(OCC(=O)NNC(=O)CCCc2nc(C)no2)cc1. The number of hydrazine groups is 1. The first kappa shape index (κ1) is 17.5. The first-order chi connectivity index (χ1) is 11.5. The van der Waals surface area contributed by atoms with Gasteiger partial charge in [0.25, 0.3) is 5.91 Å². The first-order valence-electron chi connectivity index (χ1n) is 7.59. The molecule has 0 atom stereocenters. The normalized spacial score (nSPS) is 10.2. The van der Waals surface area contributed by atoms with Crippen LogP contribution < -0.4 is 15.6 Å². The van der Waals surface area contributed by atoms with Crippen LogP contribution in [0.3, 0.4) is 0 Å². The van der Waals surface area contributed by atoms with E-state index in [1.54, 1.807) is 19.1 Å². The minimum atomic E-state index is -0.434. The molecular weight excluding hydrogens is 312 g/mol. The molecule has 2 amide bonds. The predicted molar refractivity (Wildman–Crippen MR) is 84.9 cm³/mol. The summed E-state index contributed by atoms with van der Waals surface area (Å²) in [5, 5.41) is 3.67. The van der Waals surface area contributed by atoms with Gasteiger partial charge in [0.05, 0.1) is 0 Å². The smallest absolute Gasteiger partial charge is 0.276 e. The zero-order chi connectivity index (χ0) is 17.4. The Balaban J connectivity index is 1.58. The molecule has 1 heterocycles. The van der Waals surface area contributed by atoms with Gasteiger partial charge in [0, 0.05) is 12.8 Å². The molecule has 0 saturated heterocycles. The maximum atomic E-state index is 11.6. The van der Waals surface area contributed by atoms with E-state index in [1.807, 2.05) is 19.1 Å². The lowest BCUT2D eigenvalue weighted by atomic mass is 10.2. The zero-order valence-corrected chi connectivity index (χ0v) is 13.7. The fraction of sp³-hybridized carbons (Fsp3) is 0.375. The molecular formula is C16H20N4O4. The molecule has 0 unspecified atom stereocenters. The summed E-state index contributed by atoms with van der Waals surface area (Å²) in [6, 6.07) is 7.33. The van der Waals surface area contributed by atoms with Gasteiger partial charge in [-0.1, -0.05) is 22.9 Å². The van der Waals surface area contributed by atoms with E-state index in [-0.39, 0.29) is 18.9 Å². The third-order valence-corrected chi connectivity index (χ3v) is 3.10. The number of nitrogens with one attached hydrogen (secondary N) is 2. The molecule has 0 spiro atoms. The molecule has 2 N–H and O–H groups in total. The van der Waals surface area contributed by atoms with Crippen molar-refractivity contribution in [2.24, 2.45) is 0 Å². The number of ether oxygens (including phenoxy) is 1. The third-order valence-electron chi connectivity index (χ3n) is 3.10. The highest BCUT2D eigenvalue weighted by Gasteiger charge is 2.07. The molecule has 0 aliphatic rings. The van der Waals surface area contributed by atoms with E-state index >= 15 is 0 Å². The summed E-state index contributed by atoms with van der Waals surface area (Å²) >= 11 is 0. The Labute approximate surface area is 139 Å². The van der Waals surface area contributed by atoms with Crippen LogP contribution in [0.4, 0.5) is 0 Å². The van der Waals surface area contributed by atoms with Crippen molar-refractivity contribution in [1.29, 1.82) is 0 Å². The molecule has 2 aromatic rings. The molecule has 2 rings (SSSR count). The largest absolute Gasteiger partial charge is 0.484 e. The minimum Gasteiger partial charge on any atom is -0.484 e. The third kappa shape index (κ3) is 6.07. The second kappa shape index (κ2) is 8.66. The number of aromatic nitrogens is 2. The Morgan fingerprint density at radius 3 is 2.50 bits per heavy atom. The zero-order valence-electron chi connectivity index (χ0n) is 13.7. The van der Waals surface area contributed by atoms with Crippen molar-refractivity contribution in [2.45, 2.75) is 33.1 Å². The van der Waals surface area contributed by atoms with Crippen molar-refractivity contribution in [3.63, 3.8) is 0 Å². The molecule has 0 saturated carbocycles. The summed E-state index contributed by atoms with van der Waals surface area (Å²) in [7, 11) is 0. The summed E-state index contributed by atoms with van der Waals surface area (Å²) < 4.78 is 10.3. The molecule has 1 aromatic heterocycles. The van der Waals surface area contributed by atoms with Crippen molar-refractivity contribution < 1.29 is 18.8 Å². The lowest BCUT2D eigenvalue weighted by Gasteiger charge is -2.08. The van der Waals surface area contributed by atoms with Gasteiger partial charge < -0.3 is 9.26 Å². The Morgan fingerprint density at radius 2 is 1.83 bits per heavy atom. The second-order valence-electron chi connectivity index (χ2n) is 5.29. The van der Waals surface area contributed by atoms with Crippen molar-refractivity contribution in [3.05, 3.63) is 41.5 Å². The number of rotatable bonds is 7. The molecule has 0 fully saturated rings. The summed E-state index contributed by atoms with van der Waals surface area (Å²) in [6.07, 6.45) is 1.29. The quantitative estimate of drug-likeness (QED) is 0.739. The van der Waals surface area contributed by atoms with Gasteiger partial charge in [-0.15, -0.1) is 0 Å². The number of amides is 2. The van der Waals surface area contributed by atoms with Crippen LogP contribution in [-0.4, -0.2) is 28.6 Å². The Hall–Kier alpha value is -2.90. The summed E-state index contributed by atoms with van der Waals surface area (Å²) in [5.74, 6) is 0.925. The topological polar surface area (TPSA) is 106 Å². The second-order valence-corrected chi connectivity index (χ2v) is 5.29. The number of aryl methyl sites for hydroxylation is 3. The number of benzene rings is 1. The molecule has 0 aliphatic heterocycles. The average molecular weight is 332 g/mol. The standard InChI is InChI=1S/C16H20N4O4/c1-11-6-8-13(9-7-11)23-10-15(22)19-18-14(21)4-3-5-16-17-12(2)20-24-16/h6-9H,3-5,10H2,1-2H3,(H,18,21)(H,19,22). The Kier molecular flexibility index (Phi) is 6.30. The summed E-state index contributed by atoms with van der Waals surface area (Å²) in [4.78, 5) is 27.3. The number of carbonyl (C=O) groups excluding carboxylic acids is 2. The van der Waals surface area contributed by atoms with E-state index in [0.717, 1.165) is 5.56 Å². The van der Waals surface area contributed by atoms with Gasteiger partial charge in [-0.05, 0) is 32.4 Å². The maximum Gasteiger partial charge on any atom is 0.276 e. The van der Waals surface area contributed by atoms with E-state index in [2.05, 4.69) is 21.0 Å². The van der Waals surface area contributed by atoms with Gasteiger partial charge in [0.1, 0.15) is 5.75 Å². The summed E-state index contributed by atoms with van der Waals surface area (Å²) in [5.41, 5.74) is 5.74. The lowest BCUT2D eigenvalue weighted by Crippen LogP contribution is -2.43. The molecule has 0 bridgehead atoms. The van der Waals surface area contributed by atoms with Gasteiger partial charge in [-0.2, -0.15) is 4.98 Å². The number of hydrogen-bond donors (Lipinski definition) is 2. The molecule has 1 aromatic carbocycles. The van der Waals surface area contributed by atoms with Crippen LogP contribution in [0.2, 0.25) is 0 Å². The Bertz CT molecular complexity index is 682. The van der Waals surface area contributed by atoms with Crippen molar-refractivity contribution in [2.75, 3.05) is 6.61 Å². The van der Waals surface area contributed by atoms with Gasteiger partial charge in [-0.3, -0.25) is 20.4 Å². The van der Waals surface area contributed by atoms with E-state index in [1.165, 1.54) is 0 Å². The van der Waals surface area contributed by atoms with Gasteiger partial charge >= 0.3 is 0 Å². The van der Waals surface area contributed by atoms with E-state index in [4.69, 9.17) is 9.26 Å². The fourth-order valence-corrected chi connectivity index (χ4v) is 1.86. The molecule has 8 nitrogen and oxygen atoms in total. The summed E-state index contributed by atoms with van der Waals surface area (Å²) in [6.45, 7) is 3.52. The first-order valence-corrected chi connectivity index (χ1v) is 7.59. The molecule has 24 heavy (non-hydrogen) atoms. The predicted octanol–water partition coefficient (Wildman–Crippen LogP) is 1.24. The van der Waals surface area contributed by atoms with Crippen molar-refractivity contribution in [1.82, 2.24) is 21.0 Å². The van der Waals surface area contributed by atoms with Crippen LogP contribution in [0.5, 0.6) is 5.75 Å². The molecule has 128 valence electrons. The van der Waals surface area contributed by atoms with E-state index in [0.29, 0.717) is 30.3 Å². The molecule has 8 heteroatoms. The van der Waals surface area contributed by atoms with Crippen molar-refractivity contribution >= 4 is 11.8 Å². The minimum absolute atomic E-state index is 0.176. The van der Waals surface area contributed by atoms with Crippen LogP contribution in [0.25, 0.3) is 0 Å². The van der Waals surface area contributed by atoms with Crippen LogP contribution in [0, 0.1) is 13.8 Å². The highest BCUT2D eigenvalue weighted by Crippen LogP contribution is 2.10. The van der Waals surface area contributed by atoms with Crippen LogP contribution in [0.1, 0.15) is 30.1 Å². The Morgan fingerprint density at radius 1 is 1.12 bits per heavy atom. The average Bonchev–Trinajstić information content (AvgIpc) is 2.98. The monoisotopic (exact) mass is 332 g/mol. The lowest BCUT2D eigenvalue weighted by molar-refractivity contribution is -0.130. The van der Waals surface area contributed by atoms with Crippen LogP contribution in [0.15, 0.2) is 28.8 Å². The van der Waals surface area contributed by atoms with E-state index < -0.39 is 5.91 Å². The highest BCUT2D eigenvalue weighted by molar-refractivity contribution is 5.82. The van der Waals surface area contributed by atoms with Crippen LogP contribution in [-0.2, 0) is 16.0 Å². The fourth-order valence-electron chi connectivity index (χ4n) is 1.86. The van der Waals surface area contributed by atoms with Crippen molar-refractivity contribution in [3.8, 4) is 5.75 Å².